The smallest absolute Gasteiger partial charge is 0.303 e. The highest BCUT2D eigenvalue weighted by molar-refractivity contribution is 8.04. The van der Waals surface area contributed by atoms with Gasteiger partial charge in [0.15, 0.2) is 5.78 Å². The van der Waals surface area contributed by atoms with Crippen molar-refractivity contribution >= 4 is 41.2 Å². The van der Waals surface area contributed by atoms with Gasteiger partial charge in [-0.15, -0.1) is 11.8 Å². The zero-order valence-electron chi connectivity index (χ0n) is 23.6. The number of unbranched alkanes of at least 4 members (excludes halogenated alkanes) is 1. The molecule has 2 unspecified atom stereocenters. The number of benzene rings is 1. The fourth-order valence-electron chi connectivity index (χ4n) is 5.01. The van der Waals surface area contributed by atoms with E-state index in [2.05, 4.69) is 13.8 Å². The van der Waals surface area contributed by atoms with Crippen molar-refractivity contribution in [1.29, 1.82) is 0 Å². The maximum Gasteiger partial charge on any atom is 0.303 e. The van der Waals surface area contributed by atoms with E-state index in [9.17, 15) is 29.7 Å². The molecule has 1 aromatic carbocycles. The molecule has 0 amide bonds. The number of aromatic hydroxyl groups is 1. The van der Waals surface area contributed by atoms with Gasteiger partial charge in [-0.2, -0.15) is 11.8 Å². The summed E-state index contributed by atoms with van der Waals surface area (Å²) in [5.74, 6) is 0.439. The molecule has 1 aromatic rings. The van der Waals surface area contributed by atoms with Crippen molar-refractivity contribution in [1.82, 2.24) is 0 Å². The van der Waals surface area contributed by atoms with Crippen molar-refractivity contribution in [2.45, 2.75) is 108 Å². The lowest BCUT2D eigenvalue weighted by Gasteiger charge is -2.32. The van der Waals surface area contributed by atoms with Crippen molar-refractivity contribution < 1.29 is 39.2 Å². The van der Waals surface area contributed by atoms with Gasteiger partial charge in [0.1, 0.15) is 16.4 Å². The molecule has 0 bridgehead atoms. The van der Waals surface area contributed by atoms with Crippen molar-refractivity contribution in [2.75, 3.05) is 18.1 Å². The van der Waals surface area contributed by atoms with Crippen LogP contribution in [0.3, 0.4) is 0 Å². The van der Waals surface area contributed by atoms with Gasteiger partial charge < -0.3 is 24.8 Å². The molecule has 3 N–H and O–H groups in total. The van der Waals surface area contributed by atoms with Crippen molar-refractivity contribution in [3.63, 3.8) is 0 Å². The fraction of sp³-hybridized carbons (Fsp3) is 0.690. The summed E-state index contributed by atoms with van der Waals surface area (Å²) >= 11 is 3.50. The Morgan fingerprint density at radius 2 is 1.74 bits per heavy atom. The van der Waals surface area contributed by atoms with E-state index in [4.69, 9.17) is 9.47 Å². The molecule has 0 aromatic heterocycles. The third-order valence-corrected chi connectivity index (χ3v) is 10.6. The minimum atomic E-state index is -0.903. The van der Waals surface area contributed by atoms with Gasteiger partial charge in [0, 0.05) is 24.2 Å². The Morgan fingerprint density at radius 3 is 2.28 bits per heavy atom. The Hall–Kier alpha value is -1.91. The highest BCUT2D eigenvalue weighted by Gasteiger charge is 2.54. The van der Waals surface area contributed by atoms with Gasteiger partial charge in [0.25, 0.3) is 0 Å². The second kappa shape index (κ2) is 15.8. The molecule has 1 aliphatic heterocycles. The van der Waals surface area contributed by atoms with E-state index in [0.29, 0.717) is 42.7 Å². The van der Waals surface area contributed by atoms with Gasteiger partial charge in [-0.1, -0.05) is 27.2 Å². The number of rotatable bonds is 19. The summed E-state index contributed by atoms with van der Waals surface area (Å²) in [5, 5.41) is 29.0. The SMILES string of the molecule is CCCc1c(OCCCCSCC2(CC)SC(CCC(=O)O)(CCC(=O)O)OC2CC)ccc(C(C)=O)c1O. The average Bonchev–Trinajstić information content (AvgIpc) is 3.21. The molecule has 0 spiro atoms. The second-order valence-corrected chi connectivity index (χ2v) is 13.0. The summed E-state index contributed by atoms with van der Waals surface area (Å²) in [6.45, 7) is 8.16. The number of phenols is 1. The van der Waals surface area contributed by atoms with Crippen LogP contribution in [0, 0.1) is 0 Å². The van der Waals surface area contributed by atoms with Crippen molar-refractivity contribution in [3.05, 3.63) is 23.3 Å². The molecule has 2 atom stereocenters. The predicted molar refractivity (Wildman–Crippen MR) is 156 cm³/mol. The number of carboxylic acid groups (broad SMARTS) is 2. The Kier molecular flexibility index (Phi) is 13.5. The quantitative estimate of drug-likeness (QED) is 0.121. The number of ether oxygens (including phenoxy) is 2. The Balaban J connectivity index is 1.92. The van der Waals surface area contributed by atoms with Crippen LogP contribution in [-0.2, 0) is 20.7 Å². The number of phenolic OH excluding ortho intramolecular Hbond substituents is 1. The van der Waals surface area contributed by atoms with Crippen LogP contribution in [-0.4, -0.2) is 66.9 Å². The molecule has 8 nitrogen and oxygen atoms in total. The van der Waals surface area contributed by atoms with Crippen LogP contribution >= 0.6 is 23.5 Å². The molecular formula is C29H44O8S2. The number of aliphatic carboxylic acids is 2. The molecule has 0 radical (unpaired) electrons. The Labute approximate surface area is 240 Å². The lowest BCUT2D eigenvalue weighted by atomic mass is 9.98. The first-order valence-electron chi connectivity index (χ1n) is 13.9. The van der Waals surface area contributed by atoms with Crippen LogP contribution in [0.1, 0.15) is 101 Å². The average molecular weight is 585 g/mol. The van der Waals surface area contributed by atoms with E-state index >= 15 is 0 Å². The molecule has 1 aliphatic rings. The maximum absolute atomic E-state index is 11.8. The number of carbonyl (C=O) groups excluding carboxylic acids is 1. The van der Waals surface area contributed by atoms with Crippen molar-refractivity contribution in [3.8, 4) is 11.5 Å². The zero-order chi connectivity index (χ0) is 29.1. The molecule has 1 heterocycles. The van der Waals surface area contributed by atoms with E-state index in [1.807, 2.05) is 18.7 Å². The Morgan fingerprint density at radius 1 is 1.08 bits per heavy atom. The summed E-state index contributed by atoms with van der Waals surface area (Å²) in [4.78, 5) is 33.6. The van der Waals surface area contributed by atoms with Gasteiger partial charge in [0.05, 0.1) is 23.0 Å². The van der Waals surface area contributed by atoms with E-state index in [0.717, 1.165) is 43.6 Å². The molecular weight excluding hydrogens is 540 g/mol. The molecule has 0 aliphatic carbocycles. The standard InChI is InChI=1S/C29H44O8S2/c1-5-10-22-23(12-11-21(20(4)30)27(22)35)36-17-8-9-18-38-19-28(7-3)24(6-2)37-29(39-28,15-13-25(31)32)16-14-26(33)34/h11-12,24,35H,5-10,13-19H2,1-4H3,(H,31,32)(H,33,34). The number of carbonyl (C=O) groups is 3. The number of carboxylic acids is 2. The van der Waals surface area contributed by atoms with Crippen molar-refractivity contribution in [2.24, 2.45) is 0 Å². The van der Waals surface area contributed by atoms with E-state index in [1.165, 1.54) is 6.92 Å². The van der Waals surface area contributed by atoms with Gasteiger partial charge >= 0.3 is 11.9 Å². The normalized spacial score (nSPS) is 20.2. The van der Waals surface area contributed by atoms with E-state index in [1.54, 1.807) is 23.9 Å². The van der Waals surface area contributed by atoms with Crippen LogP contribution in [0.15, 0.2) is 12.1 Å². The van der Waals surface area contributed by atoms with Gasteiger partial charge in [-0.25, -0.2) is 0 Å². The van der Waals surface area contributed by atoms with Crippen LogP contribution in [0.2, 0.25) is 0 Å². The summed E-state index contributed by atoms with van der Waals surface area (Å²) in [7, 11) is 0. The molecule has 1 fully saturated rings. The lowest BCUT2D eigenvalue weighted by molar-refractivity contribution is -0.139. The molecule has 39 heavy (non-hydrogen) atoms. The van der Waals surface area contributed by atoms with Gasteiger partial charge in [0.2, 0.25) is 0 Å². The number of hydrogen-bond acceptors (Lipinski definition) is 8. The molecule has 220 valence electrons. The minimum absolute atomic E-state index is 0.0202. The topological polar surface area (TPSA) is 130 Å². The third kappa shape index (κ3) is 9.32. The van der Waals surface area contributed by atoms with E-state index in [-0.39, 0.29) is 35.2 Å². The summed E-state index contributed by atoms with van der Waals surface area (Å²) in [6, 6.07) is 3.38. The fourth-order valence-corrected chi connectivity index (χ4v) is 8.59. The number of thioether (sulfide) groups is 2. The van der Waals surface area contributed by atoms with Crippen LogP contribution in [0.25, 0.3) is 0 Å². The minimum Gasteiger partial charge on any atom is -0.507 e. The number of hydrogen-bond donors (Lipinski definition) is 3. The first kappa shape index (κ1) is 33.3. The summed E-state index contributed by atoms with van der Waals surface area (Å²) in [5.41, 5.74) is 1.00. The zero-order valence-corrected chi connectivity index (χ0v) is 25.3. The molecule has 10 heteroatoms. The Bertz CT molecular complexity index is 964. The maximum atomic E-state index is 11.8. The van der Waals surface area contributed by atoms with Gasteiger partial charge in [-0.3, -0.25) is 14.4 Å². The van der Waals surface area contributed by atoms with Crippen LogP contribution in [0.4, 0.5) is 0 Å². The van der Waals surface area contributed by atoms with Crippen LogP contribution in [0.5, 0.6) is 11.5 Å². The molecule has 2 rings (SSSR count). The van der Waals surface area contributed by atoms with Gasteiger partial charge in [-0.05, 0) is 69.8 Å². The number of Topliss-reactive ketones (excluding diaryl/α,β-unsaturated/α-hetero) is 1. The molecule has 0 saturated carbocycles. The monoisotopic (exact) mass is 584 g/mol. The first-order chi connectivity index (χ1) is 18.5. The largest absolute Gasteiger partial charge is 0.507 e. The second-order valence-electron chi connectivity index (χ2n) is 10.1. The predicted octanol–water partition coefficient (Wildman–Crippen LogP) is 6.56. The summed E-state index contributed by atoms with van der Waals surface area (Å²) < 4.78 is 12.3. The summed E-state index contributed by atoms with van der Waals surface area (Å²) in [6.07, 6.45) is 5.31. The van der Waals surface area contributed by atoms with Crippen LogP contribution < -0.4 is 4.74 Å². The number of ketones is 1. The third-order valence-electron chi connectivity index (χ3n) is 7.15. The lowest BCUT2D eigenvalue weighted by Crippen LogP contribution is -2.37. The van der Waals surface area contributed by atoms with E-state index < -0.39 is 16.9 Å². The highest BCUT2D eigenvalue weighted by Crippen LogP contribution is 2.57. The molecule has 1 saturated heterocycles. The highest BCUT2D eigenvalue weighted by atomic mass is 32.2. The first-order valence-corrected chi connectivity index (χ1v) is 15.9.